The third kappa shape index (κ3) is 3.43. The highest BCUT2D eigenvalue weighted by Crippen LogP contribution is 2.18. The van der Waals surface area contributed by atoms with E-state index >= 15 is 0 Å². The monoisotopic (exact) mass is 328 g/mol. The molecular weight excluding hydrogens is 312 g/mol. The Morgan fingerprint density at radius 2 is 2.04 bits per heavy atom. The number of ether oxygens (including phenoxy) is 1. The normalized spacial score (nSPS) is 10.7. The molecule has 1 aromatic carbocycles. The molecule has 0 unspecified atom stereocenters. The molecule has 0 spiro atoms. The van der Waals surface area contributed by atoms with Gasteiger partial charge in [-0.25, -0.2) is 4.79 Å². The lowest BCUT2D eigenvalue weighted by molar-refractivity contribution is -0.133. The average molecular weight is 328 g/mol. The summed E-state index contributed by atoms with van der Waals surface area (Å²) in [7, 11) is 1.70. The van der Waals surface area contributed by atoms with Crippen molar-refractivity contribution in [3.63, 3.8) is 0 Å². The summed E-state index contributed by atoms with van der Waals surface area (Å²) in [5.74, 6) is -0.730. The molecule has 3 aromatic rings. The Morgan fingerprint density at radius 1 is 1.22 bits per heavy atom. The maximum absolute atomic E-state index is 12.2. The SMILES string of the molecule is CN(Cc1cccs1)C(=O)COC(=O)c1c[nH]c2ccccc12. The van der Waals surface area contributed by atoms with Gasteiger partial charge < -0.3 is 14.6 Å². The van der Waals surface area contributed by atoms with Crippen LogP contribution in [0.4, 0.5) is 0 Å². The number of aromatic amines is 1. The van der Waals surface area contributed by atoms with Crippen molar-refractivity contribution < 1.29 is 14.3 Å². The summed E-state index contributed by atoms with van der Waals surface area (Å²) in [5.41, 5.74) is 1.30. The molecule has 118 valence electrons. The second-order valence-electron chi connectivity index (χ2n) is 5.15. The maximum atomic E-state index is 12.2. The molecular formula is C17H16N2O3S. The number of likely N-dealkylation sites (N-methyl/N-ethyl adjacent to an activating group) is 1. The fraction of sp³-hybridized carbons (Fsp3) is 0.176. The molecule has 2 aromatic heterocycles. The van der Waals surface area contributed by atoms with Crippen molar-refractivity contribution in [3.05, 3.63) is 58.4 Å². The summed E-state index contributed by atoms with van der Waals surface area (Å²) in [6, 6.07) is 11.4. The zero-order valence-corrected chi connectivity index (χ0v) is 13.4. The standard InChI is InChI=1S/C17H16N2O3S/c1-19(10-12-5-4-8-23-12)16(20)11-22-17(21)14-9-18-15-7-3-2-6-13(14)15/h2-9,18H,10-11H2,1H3. The molecule has 3 rings (SSSR count). The highest BCUT2D eigenvalue weighted by molar-refractivity contribution is 7.09. The minimum atomic E-state index is -0.500. The number of hydrogen-bond acceptors (Lipinski definition) is 4. The van der Waals surface area contributed by atoms with Crippen molar-refractivity contribution in [2.24, 2.45) is 0 Å². The Hall–Kier alpha value is -2.60. The van der Waals surface area contributed by atoms with Gasteiger partial charge in [-0.3, -0.25) is 4.79 Å². The van der Waals surface area contributed by atoms with Gasteiger partial charge in [0.15, 0.2) is 6.61 Å². The summed E-state index contributed by atoms with van der Waals surface area (Å²) < 4.78 is 5.15. The third-order valence-corrected chi connectivity index (χ3v) is 4.40. The van der Waals surface area contributed by atoms with Crippen LogP contribution < -0.4 is 0 Å². The second-order valence-corrected chi connectivity index (χ2v) is 6.19. The van der Waals surface area contributed by atoms with Crippen LogP contribution in [-0.4, -0.2) is 35.4 Å². The Labute approximate surface area is 137 Å². The van der Waals surface area contributed by atoms with Crippen LogP contribution >= 0.6 is 11.3 Å². The number of para-hydroxylation sites is 1. The highest BCUT2D eigenvalue weighted by Gasteiger charge is 2.16. The number of thiophene rings is 1. The molecule has 0 aliphatic heterocycles. The third-order valence-electron chi connectivity index (χ3n) is 3.53. The lowest BCUT2D eigenvalue weighted by atomic mass is 10.2. The zero-order chi connectivity index (χ0) is 16.2. The molecule has 23 heavy (non-hydrogen) atoms. The number of nitrogens with zero attached hydrogens (tertiary/aromatic N) is 1. The lowest BCUT2D eigenvalue weighted by Crippen LogP contribution is -2.30. The first-order chi connectivity index (χ1) is 11.1. The molecule has 0 aliphatic rings. The second kappa shape index (κ2) is 6.66. The van der Waals surface area contributed by atoms with Crippen molar-refractivity contribution in [2.75, 3.05) is 13.7 Å². The number of carbonyl (C=O) groups is 2. The first kappa shape index (κ1) is 15.3. The fourth-order valence-electron chi connectivity index (χ4n) is 2.28. The van der Waals surface area contributed by atoms with E-state index in [1.165, 1.54) is 0 Å². The van der Waals surface area contributed by atoms with E-state index in [1.807, 2.05) is 41.8 Å². The van der Waals surface area contributed by atoms with Gasteiger partial charge in [-0.2, -0.15) is 0 Å². The van der Waals surface area contributed by atoms with E-state index in [-0.39, 0.29) is 12.5 Å². The van der Waals surface area contributed by atoms with Crippen LogP contribution in [-0.2, 0) is 16.1 Å². The van der Waals surface area contributed by atoms with E-state index in [0.717, 1.165) is 15.8 Å². The van der Waals surface area contributed by atoms with Gasteiger partial charge in [0.1, 0.15) is 0 Å². The Kier molecular flexibility index (Phi) is 4.43. The van der Waals surface area contributed by atoms with E-state index in [9.17, 15) is 9.59 Å². The van der Waals surface area contributed by atoms with E-state index in [0.29, 0.717) is 12.1 Å². The number of carbonyl (C=O) groups excluding carboxylic acids is 2. The molecule has 5 nitrogen and oxygen atoms in total. The fourth-order valence-corrected chi connectivity index (χ4v) is 3.04. The van der Waals surface area contributed by atoms with E-state index < -0.39 is 5.97 Å². The molecule has 0 bridgehead atoms. The predicted molar refractivity (Wildman–Crippen MR) is 89.4 cm³/mol. The number of H-pyrrole nitrogens is 1. The zero-order valence-electron chi connectivity index (χ0n) is 12.6. The van der Waals surface area contributed by atoms with Crippen molar-refractivity contribution in [2.45, 2.75) is 6.54 Å². The number of nitrogens with one attached hydrogen (secondary N) is 1. The Balaban J connectivity index is 1.59. The van der Waals surface area contributed by atoms with Crippen LogP contribution in [0.3, 0.4) is 0 Å². The molecule has 1 N–H and O–H groups in total. The van der Waals surface area contributed by atoms with Crippen LogP contribution in [0.15, 0.2) is 48.0 Å². The van der Waals surface area contributed by atoms with Gasteiger partial charge in [-0.1, -0.05) is 24.3 Å². The molecule has 0 fully saturated rings. The van der Waals surface area contributed by atoms with Gasteiger partial charge in [-0.15, -0.1) is 11.3 Å². The molecule has 0 saturated carbocycles. The first-order valence-corrected chi connectivity index (χ1v) is 8.02. The van der Waals surface area contributed by atoms with Crippen LogP contribution in [0.25, 0.3) is 10.9 Å². The van der Waals surface area contributed by atoms with Gasteiger partial charge in [-0.05, 0) is 17.5 Å². The smallest absolute Gasteiger partial charge is 0.340 e. The summed E-state index contributed by atoms with van der Waals surface area (Å²) in [5, 5.41) is 2.75. The molecule has 1 amide bonds. The molecule has 0 saturated heterocycles. The van der Waals surface area contributed by atoms with Gasteiger partial charge in [0.05, 0.1) is 12.1 Å². The van der Waals surface area contributed by atoms with Crippen LogP contribution in [0, 0.1) is 0 Å². The van der Waals surface area contributed by atoms with Gasteiger partial charge in [0, 0.05) is 29.0 Å². The number of rotatable bonds is 5. The van der Waals surface area contributed by atoms with E-state index in [1.54, 1.807) is 29.5 Å². The first-order valence-electron chi connectivity index (χ1n) is 7.15. The number of hydrogen-bond donors (Lipinski definition) is 1. The number of benzene rings is 1. The lowest BCUT2D eigenvalue weighted by Gasteiger charge is -2.16. The van der Waals surface area contributed by atoms with Crippen molar-refractivity contribution in [1.29, 1.82) is 0 Å². The Bertz CT molecular complexity index is 823. The topological polar surface area (TPSA) is 62.4 Å². The molecule has 2 heterocycles. The largest absolute Gasteiger partial charge is 0.452 e. The van der Waals surface area contributed by atoms with Crippen LogP contribution in [0.1, 0.15) is 15.2 Å². The van der Waals surface area contributed by atoms with Crippen LogP contribution in [0.2, 0.25) is 0 Å². The van der Waals surface area contributed by atoms with Crippen molar-refractivity contribution in [3.8, 4) is 0 Å². The van der Waals surface area contributed by atoms with E-state index in [2.05, 4.69) is 4.98 Å². The van der Waals surface area contributed by atoms with Gasteiger partial charge >= 0.3 is 5.97 Å². The quantitative estimate of drug-likeness (QED) is 0.732. The number of esters is 1. The average Bonchev–Trinajstić information content (AvgIpc) is 3.21. The van der Waals surface area contributed by atoms with Crippen LogP contribution in [0.5, 0.6) is 0 Å². The van der Waals surface area contributed by atoms with Crippen molar-refractivity contribution >= 4 is 34.1 Å². The summed E-state index contributed by atoms with van der Waals surface area (Å²) in [4.78, 5) is 29.9. The van der Waals surface area contributed by atoms with E-state index in [4.69, 9.17) is 4.74 Å². The summed E-state index contributed by atoms with van der Waals surface area (Å²) in [6.45, 7) is 0.251. The predicted octanol–water partition coefficient (Wildman–Crippen LogP) is 3.04. The molecule has 6 heteroatoms. The molecule has 0 radical (unpaired) electrons. The highest BCUT2D eigenvalue weighted by atomic mass is 32.1. The minimum Gasteiger partial charge on any atom is -0.452 e. The molecule has 0 atom stereocenters. The minimum absolute atomic E-state index is 0.230. The molecule has 0 aliphatic carbocycles. The summed E-state index contributed by atoms with van der Waals surface area (Å²) in [6.07, 6.45) is 1.60. The number of aromatic nitrogens is 1. The van der Waals surface area contributed by atoms with Gasteiger partial charge in [0.2, 0.25) is 0 Å². The maximum Gasteiger partial charge on any atom is 0.340 e. The number of fused-ring (bicyclic) bond motifs is 1. The summed E-state index contributed by atoms with van der Waals surface area (Å²) >= 11 is 1.59. The Morgan fingerprint density at radius 3 is 2.83 bits per heavy atom. The number of amides is 1. The van der Waals surface area contributed by atoms with Gasteiger partial charge in [0.25, 0.3) is 5.91 Å². The van der Waals surface area contributed by atoms with Crippen molar-refractivity contribution in [1.82, 2.24) is 9.88 Å².